The third-order valence-corrected chi connectivity index (χ3v) is 5.13. The predicted octanol–water partition coefficient (Wildman–Crippen LogP) is 3.80. The molecule has 0 saturated heterocycles. The lowest BCUT2D eigenvalue weighted by Gasteiger charge is -2.03. The van der Waals surface area contributed by atoms with Crippen molar-refractivity contribution in [2.45, 2.75) is 51.3 Å². The van der Waals surface area contributed by atoms with Crippen LogP contribution in [0.2, 0.25) is 0 Å². The first-order valence-corrected chi connectivity index (χ1v) is 9.20. The molecule has 0 amide bonds. The monoisotopic (exact) mass is 363 g/mol. The van der Waals surface area contributed by atoms with Crippen LogP contribution >= 0.6 is 11.9 Å². The molecule has 1 aliphatic carbocycles. The maximum atomic E-state index is 4.77. The molecule has 0 radical (unpaired) electrons. The number of aryl methyl sites for hydroxylation is 3. The van der Waals surface area contributed by atoms with E-state index in [1.165, 1.54) is 39.9 Å². The first kappa shape index (κ1) is 21.3. The van der Waals surface area contributed by atoms with Gasteiger partial charge in [-0.2, -0.15) is 5.10 Å². The number of hydrogen-bond donors (Lipinski definition) is 0. The van der Waals surface area contributed by atoms with Crippen LogP contribution in [0.15, 0.2) is 35.4 Å². The highest BCUT2D eigenvalue weighted by atomic mass is 32.2. The van der Waals surface area contributed by atoms with Crippen LogP contribution in [-0.4, -0.2) is 24.7 Å². The average Bonchev–Trinajstić information content (AvgIpc) is 3.26. The fourth-order valence-electron chi connectivity index (χ4n) is 2.96. The maximum Gasteiger partial charge on any atom is 0.172 e. The fraction of sp³-hybridized carbons (Fsp3) is 0.421. The van der Waals surface area contributed by atoms with Crippen LogP contribution in [0.4, 0.5) is 0 Å². The van der Waals surface area contributed by atoms with Gasteiger partial charge in [0.15, 0.2) is 5.65 Å². The van der Waals surface area contributed by atoms with E-state index in [1.54, 1.807) is 11.9 Å². The van der Waals surface area contributed by atoms with Gasteiger partial charge in [0.25, 0.3) is 0 Å². The van der Waals surface area contributed by atoms with Gasteiger partial charge >= 0.3 is 0 Å². The lowest BCUT2D eigenvalue weighted by Crippen LogP contribution is -1.97. The van der Waals surface area contributed by atoms with Crippen molar-refractivity contribution < 1.29 is 11.0 Å². The van der Waals surface area contributed by atoms with Crippen molar-refractivity contribution in [1.82, 2.24) is 13.8 Å². The first-order valence-electron chi connectivity index (χ1n) is 8.43. The largest absolute Gasteiger partial charge is 0.412 e. The molecule has 1 fully saturated rings. The molecule has 0 aliphatic heterocycles. The second-order valence-electron chi connectivity index (χ2n) is 6.02. The van der Waals surface area contributed by atoms with Crippen molar-refractivity contribution >= 4 is 23.0 Å². The Morgan fingerprint density at radius 1 is 1.04 bits per heavy atom. The molecule has 0 spiro atoms. The van der Waals surface area contributed by atoms with E-state index in [0.29, 0.717) is 0 Å². The number of benzene rings is 1. The minimum absolute atomic E-state index is 0. The van der Waals surface area contributed by atoms with Gasteiger partial charge in [-0.25, -0.2) is 0 Å². The molecule has 5 nitrogen and oxygen atoms in total. The van der Waals surface area contributed by atoms with Gasteiger partial charge in [0, 0.05) is 29.4 Å². The average molecular weight is 364 g/mol. The van der Waals surface area contributed by atoms with Crippen molar-refractivity contribution in [3.63, 3.8) is 0 Å². The molecule has 2 aromatic heterocycles. The summed E-state index contributed by atoms with van der Waals surface area (Å²) in [6, 6.07) is 8.66. The molecule has 4 rings (SSSR count). The van der Waals surface area contributed by atoms with Gasteiger partial charge in [-0.3, -0.25) is 8.65 Å². The van der Waals surface area contributed by atoms with Gasteiger partial charge < -0.3 is 11.0 Å². The Kier molecular flexibility index (Phi) is 7.29. The molecule has 138 valence electrons. The molecule has 1 aliphatic rings. The quantitative estimate of drug-likeness (QED) is 0.708. The van der Waals surface area contributed by atoms with Crippen molar-refractivity contribution in [1.29, 1.82) is 0 Å². The van der Waals surface area contributed by atoms with Gasteiger partial charge in [0.2, 0.25) is 0 Å². The number of rotatable bonds is 3. The molecule has 2 heterocycles. The van der Waals surface area contributed by atoms with Gasteiger partial charge in [-0.15, -0.1) is 0 Å². The Hall–Kier alpha value is -1.76. The number of hydrogen-bond acceptors (Lipinski definition) is 2. The van der Waals surface area contributed by atoms with Crippen LogP contribution < -0.4 is 0 Å². The van der Waals surface area contributed by atoms with E-state index in [2.05, 4.69) is 60.0 Å². The van der Waals surface area contributed by atoms with Gasteiger partial charge in [0.05, 0.1) is 5.69 Å². The standard InChI is InChI=1S/C17H19N3S.C2H6.2H2O/c1-11-4-8-14(9-5-11)21-20-10-12(2)15-16(13-6-7-13)19(3)18-17(15)20;1-2;;/h4-5,8-10,13H,6-7H2,1-3H3;1-2H3;2*1H2. The summed E-state index contributed by atoms with van der Waals surface area (Å²) in [7, 11) is 2.08. The smallest absolute Gasteiger partial charge is 0.172 e. The van der Waals surface area contributed by atoms with E-state index in [-0.39, 0.29) is 11.0 Å². The van der Waals surface area contributed by atoms with Crippen LogP contribution in [-0.2, 0) is 7.05 Å². The van der Waals surface area contributed by atoms with E-state index in [4.69, 9.17) is 5.10 Å². The minimum Gasteiger partial charge on any atom is -0.412 e. The lowest BCUT2D eigenvalue weighted by atomic mass is 10.1. The molecule has 1 aromatic carbocycles. The Balaban J connectivity index is 0.000000755. The minimum atomic E-state index is 0. The highest BCUT2D eigenvalue weighted by Gasteiger charge is 2.31. The summed E-state index contributed by atoms with van der Waals surface area (Å²) in [5.74, 6) is 0.721. The molecular formula is C19H29N3O2S. The van der Waals surface area contributed by atoms with Crippen molar-refractivity contribution in [3.8, 4) is 0 Å². The Morgan fingerprint density at radius 2 is 1.64 bits per heavy atom. The van der Waals surface area contributed by atoms with Crippen LogP contribution in [0.1, 0.15) is 49.4 Å². The summed E-state index contributed by atoms with van der Waals surface area (Å²) >= 11 is 1.74. The molecule has 0 bridgehead atoms. The molecule has 1 saturated carbocycles. The Labute approximate surface area is 153 Å². The van der Waals surface area contributed by atoms with Gasteiger partial charge in [0.1, 0.15) is 0 Å². The maximum absolute atomic E-state index is 4.77. The summed E-state index contributed by atoms with van der Waals surface area (Å²) in [6.07, 6.45) is 4.84. The van der Waals surface area contributed by atoms with E-state index in [9.17, 15) is 0 Å². The molecular weight excluding hydrogens is 334 g/mol. The second-order valence-corrected chi connectivity index (χ2v) is 7.07. The fourth-order valence-corrected chi connectivity index (χ4v) is 3.87. The van der Waals surface area contributed by atoms with E-state index < -0.39 is 0 Å². The summed E-state index contributed by atoms with van der Waals surface area (Å²) in [5, 5.41) is 6.13. The Morgan fingerprint density at radius 3 is 2.20 bits per heavy atom. The lowest BCUT2D eigenvalue weighted by molar-refractivity contribution is 0.719. The number of fused-ring (bicyclic) bond motifs is 1. The first-order chi connectivity index (χ1) is 11.1. The van der Waals surface area contributed by atoms with Crippen molar-refractivity contribution in [3.05, 3.63) is 47.3 Å². The summed E-state index contributed by atoms with van der Waals surface area (Å²) < 4.78 is 4.29. The van der Waals surface area contributed by atoms with Crippen molar-refractivity contribution in [2.24, 2.45) is 7.05 Å². The highest BCUT2D eigenvalue weighted by molar-refractivity contribution is 7.98. The molecule has 3 aromatic rings. The van der Waals surface area contributed by atoms with Crippen LogP contribution in [0, 0.1) is 13.8 Å². The highest BCUT2D eigenvalue weighted by Crippen LogP contribution is 2.44. The third-order valence-electron chi connectivity index (χ3n) is 4.18. The zero-order valence-electron chi connectivity index (χ0n) is 15.6. The number of aromatic nitrogens is 3. The van der Waals surface area contributed by atoms with Gasteiger partial charge in [-0.05, 0) is 56.3 Å². The Bertz CT molecular complexity index is 817. The summed E-state index contributed by atoms with van der Waals surface area (Å²) in [5.41, 5.74) is 5.15. The molecule has 4 N–H and O–H groups in total. The second kappa shape index (κ2) is 8.56. The van der Waals surface area contributed by atoms with Crippen LogP contribution in [0.3, 0.4) is 0 Å². The van der Waals surface area contributed by atoms with Crippen molar-refractivity contribution in [2.75, 3.05) is 0 Å². The summed E-state index contributed by atoms with van der Waals surface area (Å²) in [6.45, 7) is 8.31. The van der Waals surface area contributed by atoms with E-state index in [1.807, 2.05) is 13.8 Å². The third kappa shape index (κ3) is 4.08. The number of nitrogens with zero attached hydrogens (tertiary/aromatic N) is 3. The predicted molar refractivity (Wildman–Crippen MR) is 106 cm³/mol. The topological polar surface area (TPSA) is 85.8 Å². The SMILES string of the molecule is CC.Cc1ccc(Sn2cc(C)c3c(C4CC4)n(C)nc32)cc1.O.O. The van der Waals surface area contributed by atoms with Crippen LogP contribution in [0.25, 0.3) is 11.0 Å². The molecule has 0 unspecified atom stereocenters. The molecule has 6 heteroatoms. The molecule has 25 heavy (non-hydrogen) atoms. The molecule has 0 atom stereocenters. The summed E-state index contributed by atoms with van der Waals surface area (Å²) in [4.78, 5) is 1.25. The van der Waals surface area contributed by atoms with E-state index in [0.717, 1.165) is 11.6 Å². The van der Waals surface area contributed by atoms with Crippen LogP contribution in [0.5, 0.6) is 0 Å². The zero-order chi connectivity index (χ0) is 16.6. The van der Waals surface area contributed by atoms with E-state index >= 15 is 0 Å². The van der Waals surface area contributed by atoms with Gasteiger partial charge in [-0.1, -0.05) is 31.5 Å². The normalized spacial score (nSPS) is 12.8. The zero-order valence-corrected chi connectivity index (χ0v) is 16.4.